The highest BCUT2D eigenvalue weighted by atomic mass is 35.5. The van der Waals surface area contributed by atoms with Crippen molar-refractivity contribution in [1.29, 1.82) is 0 Å². The van der Waals surface area contributed by atoms with Crippen molar-refractivity contribution in [2.45, 2.75) is 6.54 Å². The van der Waals surface area contributed by atoms with Gasteiger partial charge in [-0.2, -0.15) is 0 Å². The SMILES string of the molecule is Oc1c(Cl)cc(NCc2ccc3cc[nH]c3c2)cc1Cl. The average Bonchev–Trinajstić information content (AvgIpc) is 2.89. The quantitative estimate of drug-likeness (QED) is 0.609. The van der Waals surface area contributed by atoms with Crippen LogP contribution in [-0.4, -0.2) is 10.1 Å². The third-order valence-electron chi connectivity index (χ3n) is 3.13. The number of rotatable bonds is 3. The molecule has 0 aliphatic heterocycles. The Kier molecular flexibility index (Phi) is 3.47. The number of aromatic amines is 1. The smallest absolute Gasteiger partial charge is 0.152 e. The lowest BCUT2D eigenvalue weighted by atomic mass is 10.1. The zero-order chi connectivity index (χ0) is 14.1. The highest BCUT2D eigenvalue weighted by molar-refractivity contribution is 6.37. The van der Waals surface area contributed by atoms with E-state index in [0.717, 1.165) is 16.8 Å². The lowest BCUT2D eigenvalue weighted by molar-refractivity contribution is 0.476. The van der Waals surface area contributed by atoms with E-state index in [1.165, 1.54) is 5.39 Å². The van der Waals surface area contributed by atoms with Crippen LogP contribution in [0.3, 0.4) is 0 Å². The maximum atomic E-state index is 9.51. The van der Waals surface area contributed by atoms with Crippen molar-refractivity contribution in [2.24, 2.45) is 0 Å². The predicted octanol–water partition coefficient (Wildman–Crippen LogP) is 4.79. The Morgan fingerprint density at radius 2 is 1.80 bits per heavy atom. The molecule has 0 fully saturated rings. The fourth-order valence-corrected chi connectivity index (χ4v) is 2.56. The molecule has 0 saturated heterocycles. The molecule has 1 heterocycles. The van der Waals surface area contributed by atoms with Gasteiger partial charge in [-0.3, -0.25) is 0 Å². The van der Waals surface area contributed by atoms with E-state index < -0.39 is 0 Å². The molecular weight excluding hydrogens is 295 g/mol. The Bertz CT molecular complexity index is 744. The fraction of sp³-hybridized carbons (Fsp3) is 0.0667. The van der Waals surface area contributed by atoms with Gasteiger partial charge in [-0.25, -0.2) is 0 Å². The molecule has 3 N–H and O–H groups in total. The molecule has 102 valence electrons. The van der Waals surface area contributed by atoms with Crippen LogP contribution in [0.5, 0.6) is 5.75 Å². The van der Waals surface area contributed by atoms with Crippen molar-refractivity contribution < 1.29 is 5.11 Å². The van der Waals surface area contributed by atoms with Crippen LogP contribution in [0.15, 0.2) is 42.6 Å². The molecule has 0 aliphatic carbocycles. The molecule has 0 aliphatic rings. The summed E-state index contributed by atoms with van der Waals surface area (Å²) in [6.45, 7) is 0.645. The number of halogens is 2. The number of phenols is 1. The van der Waals surface area contributed by atoms with Gasteiger partial charge in [0.25, 0.3) is 0 Å². The number of hydrogen-bond donors (Lipinski definition) is 3. The first kappa shape index (κ1) is 13.2. The van der Waals surface area contributed by atoms with Gasteiger partial charge in [0.05, 0.1) is 10.0 Å². The number of benzene rings is 2. The van der Waals surface area contributed by atoms with Crippen LogP contribution in [0.25, 0.3) is 10.9 Å². The van der Waals surface area contributed by atoms with E-state index in [2.05, 4.69) is 28.5 Å². The van der Waals surface area contributed by atoms with E-state index >= 15 is 0 Å². The highest BCUT2D eigenvalue weighted by Gasteiger charge is 2.06. The second-order valence-corrected chi connectivity index (χ2v) is 5.36. The van der Waals surface area contributed by atoms with E-state index in [1.54, 1.807) is 12.1 Å². The minimum Gasteiger partial charge on any atom is -0.505 e. The summed E-state index contributed by atoms with van der Waals surface area (Å²) in [7, 11) is 0. The van der Waals surface area contributed by atoms with Gasteiger partial charge in [-0.05, 0) is 35.2 Å². The summed E-state index contributed by atoms with van der Waals surface area (Å²) < 4.78 is 0. The molecule has 3 nitrogen and oxygen atoms in total. The largest absolute Gasteiger partial charge is 0.505 e. The lowest BCUT2D eigenvalue weighted by Crippen LogP contribution is -1.99. The Hall–Kier alpha value is -1.84. The first-order chi connectivity index (χ1) is 9.63. The Morgan fingerprint density at radius 1 is 1.05 bits per heavy atom. The molecule has 0 spiro atoms. The zero-order valence-corrected chi connectivity index (χ0v) is 12.0. The van der Waals surface area contributed by atoms with Crippen molar-refractivity contribution in [1.82, 2.24) is 4.98 Å². The summed E-state index contributed by atoms with van der Waals surface area (Å²) in [5.41, 5.74) is 3.01. The normalized spacial score (nSPS) is 10.9. The van der Waals surface area contributed by atoms with E-state index in [-0.39, 0.29) is 15.8 Å². The zero-order valence-electron chi connectivity index (χ0n) is 10.5. The van der Waals surface area contributed by atoms with Gasteiger partial charge < -0.3 is 15.4 Å². The Labute approximate surface area is 126 Å². The van der Waals surface area contributed by atoms with Gasteiger partial charge in [0.2, 0.25) is 0 Å². The third-order valence-corrected chi connectivity index (χ3v) is 3.71. The molecule has 1 aromatic heterocycles. The summed E-state index contributed by atoms with van der Waals surface area (Å²) in [6.07, 6.45) is 1.92. The number of anilines is 1. The minimum absolute atomic E-state index is 0.0910. The molecular formula is C15H12Cl2N2O. The van der Waals surface area contributed by atoms with Crippen LogP contribution < -0.4 is 5.32 Å². The average molecular weight is 307 g/mol. The predicted molar refractivity (Wildman–Crippen MR) is 83.8 cm³/mol. The minimum atomic E-state index is -0.0910. The summed E-state index contributed by atoms with van der Waals surface area (Å²) in [6, 6.07) is 11.6. The van der Waals surface area contributed by atoms with Crippen LogP contribution in [0, 0.1) is 0 Å². The maximum absolute atomic E-state index is 9.51. The standard InChI is InChI=1S/C15H12Cl2N2O/c16-12-6-11(7-13(17)15(12)20)19-8-9-1-2-10-3-4-18-14(10)5-9/h1-7,18-20H,8H2. The summed E-state index contributed by atoms with van der Waals surface area (Å²) >= 11 is 11.8. The molecule has 3 aromatic rings. The summed E-state index contributed by atoms with van der Waals surface area (Å²) in [5, 5.41) is 14.4. The second-order valence-electron chi connectivity index (χ2n) is 4.54. The number of aromatic nitrogens is 1. The van der Waals surface area contributed by atoms with Gasteiger partial charge >= 0.3 is 0 Å². The van der Waals surface area contributed by atoms with Crippen LogP contribution >= 0.6 is 23.2 Å². The van der Waals surface area contributed by atoms with Gasteiger partial charge in [-0.1, -0.05) is 35.3 Å². The van der Waals surface area contributed by atoms with Gasteiger partial charge in [0, 0.05) is 23.9 Å². The number of aromatic hydroxyl groups is 1. The van der Waals surface area contributed by atoms with Crippen molar-refractivity contribution >= 4 is 39.8 Å². The van der Waals surface area contributed by atoms with Crippen LogP contribution in [0.4, 0.5) is 5.69 Å². The van der Waals surface area contributed by atoms with Crippen LogP contribution in [0.1, 0.15) is 5.56 Å². The van der Waals surface area contributed by atoms with E-state index in [0.29, 0.717) is 6.54 Å². The van der Waals surface area contributed by atoms with Gasteiger partial charge in [-0.15, -0.1) is 0 Å². The molecule has 0 bridgehead atoms. The number of nitrogens with one attached hydrogen (secondary N) is 2. The Balaban J connectivity index is 1.78. The first-order valence-electron chi connectivity index (χ1n) is 6.11. The van der Waals surface area contributed by atoms with Crippen molar-refractivity contribution in [3.05, 3.63) is 58.2 Å². The number of hydrogen-bond acceptors (Lipinski definition) is 2. The molecule has 2 aromatic carbocycles. The maximum Gasteiger partial charge on any atom is 0.152 e. The van der Waals surface area contributed by atoms with Gasteiger partial charge in [0.1, 0.15) is 0 Å². The molecule has 3 rings (SSSR count). The second kappa shape index (κ2) is 5.27. The highest BCUT2D eigenvalue weighted by Crippen LogP contribution is 2.34. The topological polar surface area (TPSA) is 48.0 Å². The molecule has 0 amide bonds. The Morgan fingerprint density at radius 3 is 2.55 bits per heavy atom. The number of phenolic OH excluding ortho intramolecular Hbond substituents is 1. The molecule has 0 saturated carbocycles. The van der Waals surface area contributed by atoms with Crippen molar-refractivity contribution in [3.8, 4) is 5.75 Å². The molecule has 5 heteroatoms. The monoisotopic (exact) mass is 306 g/mol. The van der Waals surface area contributed by atoms with Crippen LogP contribution in [0.2, 0.25) is 10.0 Å². The van der Waals surface area contributed by atoms with E-state index in [9.17, 15) is 5.11 Å². The van der Waals surface area contributed by atoms with Crippen molar-refractivity contribution in [2.75, 3.05) is 5.32 Å². The molecule has 0 unspecified atom stereocenters. The molecule has 0 atom stereocenters. The first-order valence-corrected chi connectivity index (χ1v) is 6.87. The summed E-state index contributed by atoms with van der Waals surface area (Å²) in [4.78, 5) is 3.18. The number of H-pyrrole nitrogens is 1. The van der Waals surface area contributed by atoms with Gasteiger partial charge in [0.15, 0.2) is 5.75 Å². The number of fused-ring (bicyclic) bond motifs is 1. The molecule has 0 radical (unpaired) electrons. The summed E-state index contributed by atoms with van der Waals surface area (Å²) in [5.74, 6) is -0.0910. The van der Waals surface area contributed by atoms with E-state index in [1.807, 2.05) is 12.3 Å². The third kappa shape index (κ3) is 2.55. The van der Waals surface area contributed by atoms with Crippen molar-refractivity contribution in [3.63, 3.8) is 0 Å². The van der Waals surface area contributed by atoms with E-state index in [4.69, 9.17) is 23.2 Å². The lowest BCUT2D eigenvalue weighted by Gasteiger charge is -2.09. The molecule has 20 heavy (non-hydrogen) atoms. The van der Waals surface area contributed by atoms with Crippen LogP contribution in [-0.2, 0) is 6.54 Å². The fourth-order valence-electron chi connectivity index (χ4n) is 2.08.